The predicted octanol–water partition coefficient (Wildman–Crippen LogP) is -1.45. The molecule has 5 N–H and O–H groups in total. The van der Waals surface area contributed by atoms with Gasteiger partial charge in [-0.3, -0.25) is 15.0 Å². The van der Waals surface area contributed by atoms with Crippen molar-refractivity contribution in [2.45, 2.75) is 37.8 Å². The quantitative estimate of drug-likeness (QED) is 0.187. The Balaban J connectivity index is 2.51. The van der Waals surface area contributed by atoms with Crippen LogP contribution in [0.2, 0.25) is 0 Å². The summed E-state index contributed by atoms with van der Waals surface area (Å²) in [6, 6.07) is -1.02. The first kappa shape index (κ1) is 15.9. The second-order valence-corrected chi connectivity index (χ2v) is 4.70. The fraction of sp³-hybridized carbons (Fsp3) is 0.667. The third-order valence-corrected chi connectivity index (χ3v) is 3.29. The lowest BCUT2D eigenvalue weighted by molar-refractivity contribution is -0.137. The van der Waals surface area contributed by atoms with Crippen LogP contribution >= 0.6 is 0 Å². The number of nitrogens with one attached hydrogen (secondary N) is 3. The van der Waals surface area contributed by atoms with E-state index in [0.717, 1.165) is 12.7 Å². The van der Waals surface area contributed by atoms with Crippen molar-refractivity contribution in [3.8, 4) is 0 Å². The van der Waals surface area contributed by atoms with Crippen LogP contribution in [-0.4, -0.2) is 54.6 Å². The summed E-state index contributed by atoms with van der Waals surface area (Å²) >= 11 is 0. The topological polar surface area (TPSA) is 128 Å². The first-order valence-corrected chi connectivity index (χ1v) is 6.63. The van der Waals surface area contributed by atoms with Crippen LogP contribution < -0.4 is 16.4 Å². The minimum atomic E-state index is -0.637. The van der Waals surface area contributed by atoms with E-state index in [-0.39, 0.29) is 17.9 Å². The lowest BCUT2D eigenvalue weighted by Crippen LogP contribution is -2.48. The van der Waals surface area contributed by atoms with Gasteiger partial charge in [-0.25, -0.2) is 0 Å². The van der Waals surface area contributed by atoms with Crippen LogP contribution in [0.15, 0.2) is 0 Å². The van der Waals surface area contributed by atoms with Gasteiger partial charge in [0, 0.05) is 13.1 Å². The van der Waals surface area contributed by atoms with Crippen molar-refractivity contribution in [1.29, 1.82) is 5.41 Å². The number of carbonyl (C=O) groups excluding carboxylic acids is 3. The fourth-order valence-electron chi connectivity index (χ4n) is 2.30. The van der Waals surface area contributed by atoms with E-state index in [2.05, 4.69) is 10.6 Å². The van der Waals surface area contributed by atoms with Crippen molar-refractivity contribution in [2.75, 3.05) is 13.1 Å². The minimum absolute atomic E-state index is 0.128. The number of hydrogen-bond donors (Lipinski definition) is 4. The van der Waals surface area contributed by atoms with Crippen molar-refractivity contribution in [3.63, 3.8) is 0 Å². The molecule has 1 aliphatic heterocycles. The van der Waals surface area contributed by atoms with Gasteiger partial charge in [-0.05, 0) is 25.7 Å². The molecule has 0 radical (unpaired) electrons. The second kappa shape index (κ2) is 8.13. The Kier molecular flexibility index (Phi) is 6.48. The van der Waals surface area contributed by atoms with E-state index in [0.29, 0.717) is 38.8 Å². The van der Waals surface area contributed by atoms with Crippen molar-refractivity contribution in [1.82, 2.24) is 15.5 Å². The lowest BCUT2D eigenvalue weighted by atomic mass is 10.1. The Morgan fingerprint density at radius 1 is 1.50 bits per heavy atom. The number of rotatable bonds is 8. The number of carbonyl (C=O) groups is 3. The third kappa shape index (κ3) is 4.52. The Bertz CT molecular complexity index is 374. The van der Waals surface area contributed by atoms with E-state index in [1.807, 2.05) is 0 Å². The summed E-state index contributed by atoms with van der Waals surface area (Å²) in [6.45, 7) is 1.00. The lowest BCUT2D eigenvalue weighted by Gasteiger charge is -2.25. The molecular weight excluding hydrogens is 262 g/mol. The van der Waals surface area contributed by atoms with E-state index in [1.54, 1.807) is 0 Å². The summed E-state index contributed by atoms with van der Waals surface area (Å²) in [6.07, 6.45) is 3.76. The zero-order valence-corrected chi connectivity index (χ0v) is 11.3. The molecule has 0 spiro atoms. The Labute approximate surface area is 117 Å². The summed E-state index contributed by atoms with van der Waals surface area (Å²) in [5.41, 5.74) is 5.15. The first-order chi connectivity index (χ1) is 9.60. The average molecular weight is 283 g/mol. The third-order valence-electron chi connectivity index (χ3n) is 3.29. The molecule has 2 atom stereocenters. The maximum atomic E-state index is 12.3. The highest BCUT2D eigenvalue weighted by Gasteiger charge is 2.32. The van der Waals surface area contributed by atoms with E-state index in [9.17, 15) is 14.4 Å². The monoisotopic (exact) mass is 283 g/mol. The maximum absolute atomic E-state index is 12.3. The van der Waals surface area contributed by atoms with E-state index < -0.39 is 6.04 Å². The molecule has 0 saturated carbocycles. The molecule has 1 rings (SSSR count). The van der Waals surface area contributed by atoms with E-state index in [4.69, 9.17) is 11.1 Å². The van der Waals surface area contributed by atoms with Gasteiger partial charge < -0.3 is 26.1 Å². The van der Waals surface area contributed by atoms with Gasteiger partial charge in [-0.2, -0.15) is 0 Å². The largest absolute Gasteiger partial charge is 0.370 e. The molecule has 0 aromatic carbocycles. The zero-order chi connectivity index (χ0) is 15.0. The predicted molar refractivity (Wildman–Crippen MR) is 72.9 cm³/mol. The molecule has 1 aliphatic rings. The summed E-state index contributed by atoms with van der Waals surface area (Å²) < 4.78 is 0. The summed E-state index contributed by atoms with van der Waals surface area (Å²) in [5.74, 6) is -0.355. The van der Waals surface area contributed by atoms with Crippen LogP contribution in [0.4, 0.5) is 0 Å². The maximum Gasteiger partial charge on any atom is 0.245 e. The van der Waals surface area contributed by atoms with Gasteiger partial charge in [-0.1, -0.05) is 0 Å². The number of hydrogen-bond acceptors (Lipinski definition) is 4. The van der Waals surface area contributed by atoms with Gasteiger partial charge in [-0.15, -0.1) is 0 Å². The molecule has 112 valence electrons. The van der Waals surface area contributed by atoms with Crippen molar-refractivity contribution >= 4 is 24.6 Å². The summed E-state index contributed by atoms with van der Waals surface area (Å²) in [7, 11) is 0. The molecule has 1 saturated heterocycles. The molecule has 1 fully saturated rings. The Hall–Kier alpha value is -2.12. The molecule has 1 heterocycles. The molecule has 0 unspecified atom stereocenters. The number of guanidine groups is 1. The van der Waals surface area contributed by atoms with Gasteiger partial charge in [0.1, 0.15) is 12.3 Å². The van der Waals surface area contributed by atoms with Crippen LogP contribution in [0.25, 0.3) is 0 Å². The highest BCUT2D eigenvalue weighted by atomic mass is 16.2. The summed E-state index contributed by atoms with van der Waals surface area (Å²) in [4.78, 5) is 35.3. The van der Waals surface area contributed by atoms with Crippen LogP contribution in [-0.2, 0) is 14.4 Å². The van der Waals surface area contributed by atoms with Gasteiger partial charge >= 0.3 is 0 Å². The van der Waals surface area contributed by atoms with Gasteiger partial charge in [0.15, 0.2) is 5.96 Å². The highest BCUT2D eigenvalue weighted by Crippen LogP contribution is 2.17. The molecule has 20 heavy (non-hydrogen) atoms. The van der Waals surface area contributed by atoms with E-state index >= 15 is 0 Å². The average Bonchev–Trinajstić information content (AvgIpc) is 2.89. The number of aldehydes is 1. The van der Waals surface area contributed by atoms with Crippen LogP contribution in [0.5, 0.6) is 0 Å². The molecule has 0 aliphatic carbocycles. The molecule has 8 heteroatoms. The van der Waals surface area contributed by atoms with Crippen LogP contribution in [0, 0.1) is 5.41 Å². The Morgan fingerprint density at radius 2 is 2.25 bits per heavy atom. The van der Waals surface area contributed by atoms with Gasteiger partial charge in [0.25, 0.3) is 0 Å². The van der Waals surface area contributed by atoms with Crippen molar-refractivity contribution in [3.05, 3.63) is 0 Å². The van der Waals surface area contributed by atoms with Crippen molar-refractivity contribution in [2.24, 2.45) is 5.73 Å². The summed E-state index contributed by atoms with van der Waals surface area (Å²) in [5, 5.41) is 12.1. The van der Waals surface area contributed by atoms with E-state index in [1.165, 1.54) is 4.90 Å². The smallest absolute Gasteiger partial charge is 0.245 e. The second-order valence-electron chi connectivity index (χ2n) is 4.70. The number of amides is 2. The molecular formula is C12H21N5O3. The van der Waals surface area contributed by atoms with Crippen LogP contribution in [0.3, 0.4) is 0 Å². The molecule has 2 amide bonds. The number of nitrogens with zero attached hydrogens (tertiary/aromatic N) is 1. The normalized spacial score (nSPS) is 19.2. The zero-order valence-electron chi connectivity index (χ0n) is 11.3. The number of nitrogens with two attached hydrogens (primary N) is 1. The SMILES string of the molecule is N=C(N)NCCC[C@H](NC=O)C(=O)N1CCC[C@H]1C=O. The van der Waals surface area contributed by atoms with Crippen LogP contribution in [0.1, 0.15) is 25.7 Å². The molecule has 0 aromatic heterocycles. The minimum Gasteiger partial charge on any atom is -0.370 e. The standard InChI is InChI=1S/C12H21N5O3/c13-12(14)15-5-1-4-10(16-8-19)11(20)17-6-2-3-9(17)7-18/h7-10H,1-6H2,(H,16,19)(H4,13,14,15)/t9-,10-/m0/s1. The molecule has 0 aromatic rings. The first-order valence-electron chi connectivity index (χ1n) is 6.63. The van der Waals surface area contributed by atoms with Gasteiger partial charge in [0.2, 0.25) is 12.3 Å². The molecule has 0 bridgehead atoms. The van der Waals surface area contributed by atoms with Gasteiger partial charge in [0.05, 0.1) is 6.04 Å². The highest BCUT2D eigenvalue weighted by molar-refractivity contribution is 5.86. The fourth-order valence-corrected chi connectivity index (χ4v) is 2.30. The number of likely N-dealkylation sites (tertiary alicyclic amines) is 1. The van der Waals surface area contributed by atoms with Crippen molar-refractivity contribution < 1.29 is 14.4 Å². The Morgan fingerprint density at radius 3 is 2.85 bits per heavy atom. The molecule has 8 nitrogen and oxygen atoms in total.